The predicted molar refractivity (Wildman–Crippen MR) is 186 cm³/mol. The van der Waals surface area contributed by atoms with Gasteiger partial charge in [-0.05, 0) is 89.9 Å². The molecule has 1 atom stereocenters. The maximum absolute atomic E-state index is 12.8. The molecule has 0 saturated heterocycles. The molecular formula is C37H42N2O7S. The van der Waals surface area contributed by atoms with Crippen LogP contribution in [0.5, 0.6) is 11.5 Å². The number of carbonyl (C=O) groups is 4. The van der Waals surface area contributed by atoms with Gasteiger partial charge in [0.2, 0.25) is 5.91 Å². The topological polar surface area (TPSA) is 131 Å². The Morgan fingerprint density at radius 3 is 2.13 bits per heavy atom. The van der Waals surface area contributed by atoms with E-state index in [1.807, 2.05) is 11.7 Å². The molecule has 0 spiro atoms. The largest absolute Gasteiger partial charge is 0.494 e. The first-order chi connectivity index (χ1) is 22.7. The van der Waals surface area contributed by atoms with Gasteiger partial charge in [-0.2, -0.15) is 0 Å². The van der Waals surface area contributed by atoms with Crippen molar-refractivity contribution in [2.45, 2.75) is 57.9 Å². The number of thioether (sulfide) groups is 1. The number of aliphatic carboxylic acids is 1. The summed E-state index contributed by atoms with van der Waals surface area (Å²) < 4.78 is 11.2. The standard InChI is InChI=1S/C37H42N2O7S/c1-4-6-7-8-9-22-45-31-20-14-29(15-21-31)37(44)46-32-18-10-27(11-19-32)23-33(36(42)43)39-35(41)28-12-16-30(17-13-28)38-34(40)24-26(5-2)25-47-3/h5,10-21,25,33H,2,4,6-9,22-24H2,1,3H3,(H,38,40)(H,39,41)(H,42,43). The number of ether oxygens (including phenoxy) is 2. The van der Waals surface area contributed by atoms with E-state index >= 15 is 0 Å². The van der Waals surface area contributed by atoms with Crippen LogP contribution >= 0.6 is 11.8 Å². The lowest BCUT2D eigenvalue weighted by atomic mass is 10.0. The maximum atomic E-state index is 12.8. The molecule has 1 unspecified atom stereocenters. The molecule has 248 valence electrons. The highest BCUT2D eigenvalue weighted by Crippen LogP contribution is 2.19. The molecule has 3 N–H and O–H groups in total. The van der Waals surface area contributed by atoms with E-state index in [1.54, 1.807) is 66.7 Å². The average molecular weight is 659 g/mol. The first-order valence-electron chi connectivity index (χ1n) is 15.5. The van der Waals surface area contributed by atoms with Gasteiger partial charge in [0.1, 0.15) is 17.5 Å². The molecule has 3 aromatic rings. The van der Waals surface area contributed by atoms with Gasteiger partial charge in [-0.25, -0.2) is 9.59 Å². The summed E-state index contributed by atoms with van der Waals surface area (Å²) in [4.78, 5) is 49.7. The summed E-state index contributed by atoms with van der Waals surface area (Å²) in [5, 5.41) is 16.9. The number of carboxylic acids is 1. The van der Waals surface area contributed by atoms with Gasteiger partial charge in [0.05, 0.1) is 18.6 Å². The van der Waals surface area contributed by atoms with Crippen molar-refractivity contribution in [3.05, 3.63) is 113 Å². The van der Waals surface area contributed by atoms with E-state index in [-0.39, 0.29) is 24.3 Å². The molecule has 0 heterocycles. The molecule has 10 heteroatoms. The van der Waals surface area contributed by atoms with Crippen LogP contribution in [0.25, 0.3) is 0 Å². The van der Waals surface area contributed by atoms with E-state index in [0.717, 1.165) is 18.4 Å². The zero-order valence-electron chi connectivity index (χ0n) is 26.8. The highest BCUT2D eigenvalue weighted by atomic mass is 32.2. The van der Waals surface area contributed by atoms with Crippen molar-refractivity contribution in [1.29, 1.82) is 0 Å². The fraction of sp³-hybridized carbons (Fsp3) is 0.297. The Balaban J connectivity index is 1.49. The van der Waals surface area contributed by atoms with Crippen molar-refractivity contribution in [2.24, 2.45) is 0 Å². The van der Waals surface area contributed by atoms with Crippen molar-refractivity contribution < 1.29 is 33.8 Å². The van der Waals surface area contributed by atoms with Crippen LogP contribution in [0.3, 0.4) is 0 Å². The Bertz CT molecular complexity index is 1520. The van der Waals surface area contributed by atoms with Crippen LogP contribution in [-0.4, -0.2) is 47.8 Å². The summed E-state index contributed by atoms with van der Waals surface area (Å²) in [6.07, 6.45) is 9.46. The Kier molecular flexibility index (Phi) is 15.3. The number of unbranched alkanes of at least 4 members (excludes halogenated alkanes) is 4. The van der Waals surface area contributed by atoms with E-state index < -0.39 is 23.9 Å². The molecule has 3 aromatic carbocycles. The summed E-state index contributed by atoms with van der Waals surface area (Å²) in [5.41, 5.74) is 2.54. The van der Waals surface area contributed by atoms with Crippen LogP contribution in [0.2, 0.25) is 0 Å². The maximum Gasteiger partial charge on any atom is 0.343 e. The average Bonchev–Trinajstić information content (AvgIpc) is 3.07. The van der Waals surface area contributed by atoms with Crippen molar-refractivity contribution >= 4 is 41.2 Å². The van der Waals surface area contributed by atoms with E-state index in [9.17, 15) is 24.3 Å². The Labute approximate surface area is 280 Å². The molecule has 0 aliphatic rings. The number of amides is 2. The minimum atomic E-state index is -1.20. The monoisotopic (exact) mass is 658 g/mol. The normalized spacial score (nSPS) is 11.7. The van der Waals surface area contributed by atoms with Crippen molar-refractivity contribution in [3.63, 3.8) is 0 Å². The molecule has 0 aliphatic carbocycles. The third kappa shape index (κ3) is 12.8. The second-order valence-corrected chi connectivity index (χ2v) is 11.5. The lowest BCUT2D eigenvalue weighted by molar-refractivity contribution is -0.139. The summed E-state index contributed by atoms with van der Waals surface area (Å²) in [6.45, 7) is 6.52. The first-order valence-corrected chi connectivity index (χ1v) is 16.8. The number of esters is 1. The van der Waals surface area contributed by atoms with Gasteiger partial charge >= 0.3 is 11.9 Å². The molecule has 0 saturated carbocycles. The summed E-state index contributed by atoms with van der Waals surface area (Å²) in [7, 11) is 0. The molecule has 2 amide bonds. The number of carbonyl (C=O) groups excluding carboxylic acids is 3. The number of hydrogen-bond donors (Lipinski definition) is 3. The highest BCUT2D eigenvalue weighted by Gasteiger charge is 2.21. The Morgan fingerprint density at radius 2 is 1.51 bits per heavy atom. The number of nitrogens with one attached hydrogen (secondary N) is 2. The Morgan fingerprint density at radius 1 is 0.872 bits per heavy atom. The molecule has 0 radical (unpaired) electrons. The number of benzene rings is 3. The third-order valence-electron chi connectivity index (χ3n) is 7.11. The van der Waals surface area contributed by atoms with Crippen LogP contribution in [0, 0.1) is 0 Å². The van der Waals surface area contributed by atoms with Gasteiger partial charge in [0.15, 0.2) is 0 Å². The van der Waals surface area contributed by atoms with Crippen molar-refractivity contribution in [3.8, 4) is 11.5 Å². The lowest BCUT2D eigenvalue weighted by Gasteiger charge is -2.15. The number of hydrogen-bond acceptors (Lipinski definition) is 7. The van der Waals surface area contributed by atoms with Crippen molar-refractivity contribution in [2.75, 3.05) is 18.2 Å². The van der Waals surface area contributed by atoms with E-state index in [0.29, 0.717) is 34.9 Å². The SMILES string of the molecule is C=CC(=CSC)CC(=O)Nc1ccc(C(=O)NC(Cc2ccc(OC(=O)c3ccc(OCCCCCCC)cc3)cc2)C(=O)O)cc1. The van der Waals surface area contributed by atoms with E-state index in [4.69, 9.17) is 9.47 Å². The van der Waals surface area contributed by atoms with Gasteiger partial charge < -0.3 is 25.2 Å². The molecule has 9 nitrogen and oxygen atoms in total. The molecule has 0 aromatic heterocycles. The summed E-state index contributed by atoms with van der Waals surface area (Å²) in [5.74, 6) is -1.52. The second kappa shape index (κ2) is 19.6. The molecule has 0 fully saturated rings. The number of allylic oxidation sites excluding steroid dienone is 1. The molecule has 3 rings (SSSR count). The second-order valence-electron chi connectivity index (χ2n) is 10.8. The smallest absolute Gasteiger partial charge is 0.343 e. The lowest BCUT2D eigenvalue weighted by Crippen LogP contribution is -2.42. The van der Waals surface area contributed by atoms with Crippen molar-refractivity contribution in [1.82, 2.24) is 5.32 Å². The minimum Gasteiger partial charge on any atom is -0.494 e. The zero-order chi connectivity index (χ0) is 34.0. The molecular weight excluding hydrogens is 616 g/mol. The van der Waals surface area contributed by atoms with Crippen LogP contribution in [0.1, 0.15) is 71.7 Å². The summed E-state index contributed by atoms with van der Waals surface area (Å²) in [6, 6.07) is 18.2. The van der Waals surface area contributed by atoms with Crippen LogP contribution in [0.15, 0.2) is 96.4 Å². The Hall–Kier alpha value is -4.83. The molecule has 0 bridgehead atoms. The quantitative estimate of drug-likeness (QED) is 0.0524. The van der Waals surface area contributed by atoms with Gasteiger partial charge in [-0.3, -0.25) is 9.59 Å². The predicted octanol–water partition coefficient (Wildman–Crippen LogP) is 7.44. The van der Waals surface area contributed by atoms with Gasteiger partial charge in [-0.15, -0.1) is 11.8 Å². The van der Waals surface area contributed by atoms with E-state index in [1.165, 1.54) is 43.2 Å². The third-order valence-corrected chi connectivity index (χ3v) is 7.65. The minimum absolute atomic E-state index is 0.0126. The number of rotatable bonds is 19. The van der Waals surface area contributed by atoms with E-state index in [2.05, 4.69) is 24.1 Å². The number of carboxylic acid groups (broad SMARTS) is 1. The zero-order valence-corrected chi connectivity index (χ0v) is 27.6. The van der Waals surface area contributed by atoms with Crippen LogP contribution < -0.4 is 20.1 Å². The molecule has 47 heavy (non-hydrogen) atoms. The van der Waals surface area contributed by atoms with Crippen LogP contribution in [-0.2, 0) is 16.0 Å². The summed E-state index contributed by atoms with van der Waals surface area (Å²) >= 11 is 1.48. The highest BCUT2D eigenvalue weighted by molar-refractivity contribution is 8.01. The first kappa shape index (κ1) is 36.6. The van der Waals surface area contributed by atoms with Gasteiger partial charge in [-0.1, -0.05) is 57.4 Å². The number of anilines is 1. The fourth-order valence-corrected chi connectivity index (χ4v) is 5.01. The fourth-order valence-electron chi connectivity index (χ4n) is 4.53. The van der Waals surface area contributed by atoms with Gasteiger partial charge in [0, 0.05) is 17.7 Å². The molecule has 0 aliphatic heterocycles. The van der Waals surface area contributed by atoms with Gasteiger partial charge in [0.25, 0.3) is 5.91 Å². The van der Waals surface area contributed by atoms with Crippen LogP contribution in [0.4, 0.5) is 5.69 Å².